The van der Waals surface area contributed by atoms with E-state index in [1.54, 1.807) is 30.3 Å². The Morgan fingerprint density at radius 2 is 1.85 bits per heavy atom. The Balaban J connectivity index is 1.65. The lowest BCUT2D eigenvalue weighted by Crippen LogP contribution is -2.17. The van der Waals surface area contributed by atoms with Gasteiger partial charge in [0.1, 0.15) is 17.3 Å². The quantitative estimate of drug-likeness (QED) is 0.429. The number of carbonyl (C=O) groups is 1. The van der Waals surface area contributed by atoms with Gasteiger partial charge in [-0.3, -0.25) is 14.9 Å². The van der Waals surface area contributed by atoms with Gasteiger partial charge in [-0.2, -0.15) is 5.10 Å². The second kappa shape index (κ2) is 7.39. The van der Waals surface area contributed by atoms with Gasteiger partial charge in [0.25, 0.3) is 11.6 Å². The minimum absolute atomic E-state index is 0.110. The fourth-order valence-corrected chi connectivity index (χ4v) is 2.18. The molecule has 8 heteroatoms. The highest BCUT2D eigenvalue weighted by atomic mass is 19.1. The molecular formula is C18H12FN3O4. The molecule has 3 rings (SSSR count). The maximum Gasteiger partial charge on any atom is 0.271 e. The van der Waals surface area contributed by atoms with Crippen molar-refractivity contribution < 1.29 is 18.5 Å². The Labute approximate surface area is 146 Å². The average molecular weight is 353 g/mol. The van der Waals surface area contributed by atoms with Crippen molar-refractivity contribution in [3.8, 4) is 11.3 Å². The molecule has 0 bridgehead atoms. The monoisotopic (exact) mass is 353 g/mol. The van der Waals surface area contributed by atoms with Crippen molar-refractivity contribution in [1.29, 1.82) is 0 Å². The zero-order valence-electron chi connectivity index (χ0n) is 13.3. The summed E-state index contributed by atoms with van der Waals surface area (Å²) in [5, 5.41) is 14.3. The minimum atomic E-state index is -0.552. The van der Waals surface area contributed by atoms with E-state index in [0.717, 1.165) is 0 Å². The summed E-state index contributed by atoms with van der Waals surface area (Å²) in [6, 6.07) is 14.5. The van der Waals surface area contributed by atoms with Gasteiger partial charge >= 0.3 is 0 Å². The predicted molar refractivity (Wildman–Crippen MR) is 92.3 cm³/mol. The number of nitro benzene ring substituents is 1. The van der Waals surface area contributed by atoms with Crippen molar-refractivity contribution in [2.45, 2.75) is 0 Å². The first-order valence-electron chi connectivity index (χ1n) is 7.47. The standard InChI is InChI=1S/C18H12FN3O4/c19-16-4-2-1-3-15(16)17-10-9-14(26-17)11-20-21-18(23)12-5-7-13(8-6-12)22(24)25/h1-11H,(H,21,23)/b20-11+. The van der Waals surface area contributed by atoms with E-state index in [-0.39, 0.29) is 11.3 Å². The molecule has 0 saturated heterocycles. The van der Waals surface area contributed by atoms with Crippen molar-refractivity contribution in [2.24, 2.45) is 5.10 Å². The molecule has 0 saturated carbocycles. The lowest BCUT2D eigenvalue weighted by Gasteiger charge is -1.99. The fraction of sp³-hybridized carbons (Fsp3) is 0. The SMILES string of the molecule is O=C(N/N=C/c1ccc(-c2ccccc2F)o1)c1ccc([N+](=O)[O-])cc1. The Kier molecular flexibility index (Phi) is 4.84. The summed E-state index contributed by atoms with van der Waals surface area (Å²) in [5.74, 6) is -0.271. The van der Waals surface area contributed by atoms with Gasteiger partial charge in [-0.15, -0.1) is 0 Å². The van der Waals surface area contributed by atoms with Crippen molar-refractivity contribution >= 4 is 17.8 Å². The fourth-order valence-electron chi connectivity index (χ4n) is 2.18. The van der Waals surface area contributed by atoms with Gasteiger partial charge in [0.2, 0.25) is 0 Å². The van der Waals surface area contributed by atoms with Gasteiger partial charge in [-0.05, 0) is 36.4 Å². The second-order valence-electron chi connectivity index (χ2n) is 5.18. The maximum atomic E-state index is 13.7. The second-order valence-corrected chi connectivity index (χ2v) is 5.18. The lowest BCUT2D eigenvalue weighted by molar-refractivity contribution is -0.384. The van der Waals surface area contributed by atoms with Crippen LogP contribution in [0.5, 0.6) is 0 Å². The van der Waals surface area contributed by atoms with Gasteiger partial charge in [0.05, 0.1) is 16.7 Å². The molecule has 26 heavy (non-hydrogen) atoms. The number of furan rings is 1. The molecule has 1 heterocycles. The summed E-state index contributed by atoms with van der Waals surface area (Å²) < 4.78 is 19.2. The molecular weight excluding hydrogens is 341 g/mol. The van der Waals surface area contributed by atoms with Crippen LogP contribution >= 0.6 is 0 Å². The number of non-ortho nitro benzene ring substituents is 1. The number of rotatable bonds is 5. The van der Waals surface area contributed by atoms with Crippen molar-refractivity contribution in [3.63, 3.8) is 0 Å². The highest BCUT2D eigenvalue weighted by Gasteiger charge is 2.10. The molecule has 0 fully saturated rings. The van der Waals surface area contributed by atoms with Gasteiger partial charge in [0.15, 0.2) is 0 Å². The minimum Gasteiger partial charge on any atom is -0.455 e. The normalized spacial score (nSPS) is 10.8. The number of nitrogens with one attached hydrogen (secondary N) is 1. The number of hydrogen-bond donors (Lipinski definition) is 1. The van der Waals surface area contributed by atoms with Crippen LogP contribution in [0.4, 0.5) is 10.1 Å². The molecule has 0 spiro atoms. The van der Waals surface area contributed by atoms with Crippen molar-refractivity contribution in [1.82, 2.24) is 5.43 Å². The number of nitrogens with zero attached hydrogens (tertiary/aromatic N) is 2. The first-order valence-corrected chi connectivity index (χ1v) is 7.47. The smallest absolute Gasteiger partial charge is 0.271 e. The summed E-state index contributed by atoms with van der Waals surface area (Å²) >= 11 is 0. The van der Waals surface area contributed by atoms with E-state index in [9.17, 15) is 19.3 Å². The molecule has 3 aromatic rings. The van der Waals surface area contributed by atoms with Crippen LogP contribution in [0.1, 0.15) is 16.1 Å². The van der Waals surface area contributed by atoms with E-state index >= 15 is 0 Å². The van der Waals surface area contributed by atoms with Crippen LogP contribution in [-0.2, 0) is 0 Å². The van der Waals surface area contributed by atoms with Gasteiger partial charge in [0, 0.05) is 17.7 Å². The number of nitro groups is 1. The van der Waals surface area contributed by atoms with E-state index in [2.05, 4.69) is 10.5 Å². The summed E-state index contributed by atoms with van der Waals surface area (Å²) in [6.45, 7) is 0. The highest BCUT2D eigenvalue weighted by Crippen LogP contribution is 2.24. The zero-order chi connectivity index (χ0) is 18.5. The Bertz CT molecular complexity index is 980. The summed E-state index contributed by atoms with van der Waals surface area (Å²) in [4.78, 5) is 21.9. The van der Waals surface area contributed by atoms with Crippen molar-refractivity contribution in [2.75, 3.05) is 0 Å². The third-order valence-electron chi connectivity index (χ3n) is 3.46. The lowest BCUT2D eigenvalue weighted by atomic mass is 10.1. The predicted octanol–water partition coefficient (Wildman–Crippen LogP) is 3.76. The van der Waals surface area contributed by atoms with Gasteiger partial charge in [-0.1, -0.05) is 12.1 Å². The summed E-state index contributed by atoms with van der Waals surface area (Å²) in [5.41, 5.74) is 2.72. The first kappa shape index (κ1) is 17.0. The number of carbonyl (C=O) groups excluding carboxylic acids is 1. The molecule has 7 nitrogen and oxygen atoms in total. The van der Waals surface area contributed by atoms with E-state index in [4.69, 9.17) is 4.42 Å². The van der Waals surface area contributed by atoms with Crippen molar-refractivity contribution in [3.05, 3.63) is 87.9 Å². The highest BCUT2D eigenvalue weighted by molar-refractivity contribution is 5.94. The van der Waals surface area contributed by atoms with Crippen LogP contribution < -0.4 is 5.43 Å². The first-order chi connectivity index (χ1) is 12.5. The Hall–Kier alpha value is -3.81. The van der Waals surface area contributed by atoms with E-state index in [1.807, 2.05) is 0 Å². The number of hydrogen-bond acceptors (Lipinski definition) is 5. The molecule has 0 aliphatic carbocycles. The van der Waals surface area contributed by atoms with E-state index in [0.29, 0.717) is 17.1 Å². The van der Waals surface area contributed by atoms with Crippen LogP contribution in [-0.4, -0.2) is 17.0 Å². The summed E-state index contributed by atoms with van der Waals surface area (Å²) in [6.07, 6.45) is 1.27. The number of benzene rings is 2. The van der Waals surface area contributed by atoms with Gasteiger partial charge < -0.3 is 4.42 Å². The van der Waals surface area contributed by atoms with Crippen LogP contribution in [0.15, 0.2) is 70.2 Å². The topological polar surface area (TPSA) is 97.7 Å². The third-order valence-corrected chi connectivity index (χ3v) is 3.46. The van der Waals surface area contributed by atoms with E-state index < -0.39 is 16.6 Å². The molecule has 1 amide bonds. The molecule has 1 aromatic heterocycles. The maximum absolute atomic E-state index is 13.7. The molecule has 0 radical (unpaired) electrons. The molecule has 0 aliphatic rings. The van der Waals surface area contributed by atoms with Crippen LogP contribution in [0, 0.1) is 15.9 Å². The Morgan fingerprint density at radius 3 is 2.54 bits per heavy atom. The molecule has 0 aliphatic heterocycles. The van der Waals surface area contributed by atoms with Crippen LogP contribution in [0.3, 0.4) is 0 Å². The molecule has 0 unspecified atom stereocenters. The summed E-state index contributed by atoms with van der Waals surface area (Å²) in [7, 11) is 0. The van der Waals surface area contributed by atoms with E-state index in [1.165, 1.54) is 36.5 Å². The number of amides is 1. The largest absolute Gasteiger partial charge is 0.455 e. The Morgan fingerprint density at radius 1 is 1.12 bits per heavy atom. The van der Waals surface area contributed by atoms with Crippen LogP contribution in [0.2, 0.25) is 0 Å². The number of halogens is 1. The zero-order valence-corrected chi connectivity index (χ0v) is 13.3. The molecule has 130 valence electrons. The third kappa shape index (κ3) is 3.81. The number of hydrazone groups is 1. The molecule has 2 aromatic carbocycles. The molecule has 0 atom stereocenters. The van der Waals surface area contributed by atoms with Gasteiger partial charge in [-0.25, -0.2) is 9.82 Å². The molecule has 1 N–H and O–H groups in total. The average Bonchev–Trinajstić information content (AvgIpc) is 3.10. The van der Waals surface area contributed by atoms with Crippen LogP contribution in [0.25, 0.3) is 11.3 Å².